The Morgan fingerprint density at radius 3 is 1.41 bits per heavy atom. The van der Waals surface area contributed by atoms with Gasteiger partial charge in [-0.3, -0.25) is 0 Å². The molecule has 360 valence electrons. The highest BCUT2D eigenvalue weighted by molar-refractivity contribution is 5.78. The van der Waals surface area contributed by atoms with Crippen molar-refractivity contribution in [2.45, 2.75) is 52.4 Å². The van der Waals surface area contributed by atoms with Gasteiger partial charge in [-0.1, -0.05) is 190 Å². The first-order valence-corrected chi connectivity index (χ1v) is 25.0. The SMILES string of the molecule is C=C/C=C(\CCC)C(=CC=Cc1ccc(N(c2ccc(C=CN/C=C(C3=C=C=CC=C3)\C(=C\C=C)CCC=C)cc2)c2ccc(NC=C/C=C(C3=C=C=CC=C3)\C(=C\C=C)CCC)cc2)cc1)C1=C=C=CC=C1. The van der Waals surface area contributed by atoms with Crippen molar-refractivity contribution in [1.82, 2.24) is 5.32 Å². The predicted molar refractivity (Wildman–Crippen MR) is 316 cm³/mol. The van der Waals surface area contributed by atoms with E-state index in [4.69, 9.17) is 0 Å². The second-order valence-electron chi connectivity index (χ2n) is 16.9. The number of anilines is 4. The average Bonchev–Trinajstić information content (AvgIpc) is 3.43. The summed E-state index contributed by atoms with van der Waals surface area (Å²) >= 11 is 0. The van der Waals surface area contributed by atoms with Crippen molar-refractivity contribution < 1.29 is 0 Å². The topological polar surface area (TPSA) is 27.3 Å². The maximum absolute atomic E-state index is 3.98. The number of nitrogens with one attached hydrogen (secondary N) is 2. The Bertz CT molecular complexity index is 3210. The molecule has 3 aromatic carbocycles. The molecule has 3 nitrogen and oxygen atoms in total. The van der Waals surface area contributed by atoms with Crippen molar-refractivity contribution in [2.24, 2.45) is 0 Å². The molecular weight excluding hydrogens is 883 g/mol. The standard InChI is InChI=1S/C70H65N3/c1-7-13-31-60(29-12-6)70(63-36-21-16-22-37-63)55-71-54-52-57-42-48-66(49-43-57)73(65-46-40-56(41-47-65)30-23-38-68(58(25-8-2)26-9-3)61-32-17-14-18-33-61)67-50-44-64(45-51-67)72-53-24-39-69(59(27-10-4)28-11-5)62-34-19-15-20-35-62/h7-8,10,12,14-17,19,21,23-25,27,29-30,32,34,36,38-55,71-72H,1-2,4,6,9,11,13,26,28,31H2,3,5H3/b30-23?,53-24?,54-52?,58-25+,59-27+,60-29+,68-38?,69-39+,70-55+. The van der Waals surface area contributed by atoms with Gasteiger partial charge in [0.15, 0.2) is 0 Å². The van der Waals surface area contributed by atoms with Crippen molar-refractivity contribution >= 4 is 34.9 Å². The van der Waals surface area contributed by atoms with Crippen LogP contribution in [0.5, 0.6) is 0 Å². The van der Waals surface area contributed by atoms with E-state index in [-0.39, 0.29) is 0 Å². The molecule has 2 N–H and O–H groups in total. The van der Waals surface area contributed by atoms with E-state index in [1.54, 1.807) is 0 Å². The Hall–Kier alpha value is -9.20. The summed E-state index contributed by atoms with van der Waals surface area (Å²) in [6, 6.07) is 25.8. The van der Waals surface area contributed by atoms with Crippen LogP contribution in [0.3, 0.4) is 0 Å². The van der Waals surface area contributed by atoms with Gasteiger partial charge in [-0.15, -0.1) is 6.58 Å². The molecule has 0 saturated heterocycles. The van der Waals surface area contributed by atoms with Gasteiger partial charge in [0, 0.05) is 63.6 Å². The molecule has 0 bridgehead atoms. The molecule has 73 heavy (non-hydrogen) atoms. The lowest BCUT2D eigenvalue weighted by atomic mass is 9.93. The van der Waals surface area contributed by atoms with Gasteiger partial charge in [0.05, 0.1) is 0 Å². The molecule has 0 aromatic heterocycles. The molecule has 6 rings (SSSR count). The van der Waals surface area contributed by atoms with Crippen LogP contribution in [0.1, 0.15) is 63.5 Å². The van der Waals surface area contributed by atoms with Crippen LogP contribution in [0, 0.1) is 0 Å². The van der Waals surface area contributed by atoms with Gasteiger partial charge in [-0.25, -0.2) is 0 Å². The smallest absolute Gasteiger partial charge is 0.0463 e. The summed E-state index contributed by atoms with van der Waals surface area (Å²) in [4.78, 5) is 2.28. The number of rotatable bonds is 27. The van der Waals surface area contributed by atoms with Crippen LogP contribution >= 0.6 is 0 Å². The third-order valence-electron chi connectivity index (χ3n) is 11.7. The lowest BCUT2D eigenvalue weighted by Gasteiger charge is -2.26. The zero-order valence-electron chi connectivity index (χ0n) is 42.4. The van der Waals surface area contributed by atoms with Crippen LogP contribution < -0.4 is 15.5 Å². The predicted octanol–water partition coefficient (Wildman–Crippen LogP) is 18.7. The molecule has 3 aromatic rings. The zero-order valence-corrected chi connectivity index (χ0v) is 42.4. The molecule has 0 heterocycles. The number of hydrogen-bond acceptors (Lipinski definition) is 3. The van der Waals surface area contributed by atoms with Gasteiger partial charge in [0.2, 0.25) is 0 Å². The normalized spacial score (nSPS) is 14.6. The van der Waals surface area contributed by atoms with E-state index in [9.17, 15) is 0 Å². The van der Waals surface area contributed by atoms with Crippen LogP contribution in [0.4, 0.5) is 22.7 Å². The van der Waals surface area contributed by atoms with Crippen LogP contribution in [0.2, 0.25) is 0 Å². The molecule has 0 radical (unpaired) electrons. The minimum atomic E-state index is 0.836. The lowest BCUT2D eigenvalue weighted by Crippen LogP contribution is -2.10. The molecule has 0 spiro atoms. The molecule has 0 amide bonds. The molecule has 0 aliphatic heterocycles. The first-order valence-electron chi connectivity index (χ1n) is 25.0. The maximum atomic E-state index is 3.98. The summed E-state index contributed by atoms with van der Waals surface area (Å²) in [5, 5.41) is 6.89. The third kappa shape index (κ3) is 16.2. The fourth-order valence-electron chi connectivity index (χ4n) is 8.20. The molecular formula is C70H65N3. The van der Waals surface area contributed by atoms with Crippen LogP contribution in [-0.2, 0) is 0 Å². The third-order valence-corrected chi connectivity index (χ3v) is 11.7. The van der Waals surface area contributed by atoms with E-state index < -0.39 is 0 Å². The summed E-state index contributed by atoms with van der Waals surface area (Å²) in [6.45, 7) is 20.2. The maximum Gasteiger partial charge on any atom is 0.0463 e. The Kier molecular flexibility index (Phi) is 21.7. The molecule has 3 heteroatoms. The number of benzene rings is 3. The fourth-order valence-corrected chi connectivity index (χ4v) is 8.20. The Labute approximate surface area is 435 Å². The Morgan fingerprint density at radius 1 is 0.507 bits per heavy atom. The van der Waals surface area contributed by atoms with E-state index in [1.165, 1.54) is 11.1 Å². The molecule has 3 aliphatic carbocycles. The van der Waals surface area contributed by atoms with E-state index in [0.29, 0.717) is 0 Å². The van der Waals surface area contributed by atoms with Crippen LogP contribution in [0.25, 0.3) is 12.2 Å². The van der Waals surface area contributed by atoms with Gasteiger partial charge in [0.25, 0.3) is 0 Å². The van der Waals surface area contributed by atoms with Gasteiger partial charge < -0.3 is 15.5 Å². The zero-order chi connectivity index (χ0) is 51.3. The minimum Gasteiger partial charge on any atom is -0.367 e. The number of allylic oxidation sites excluding steroid dienone is 29. The minimum absolute atomic E-state index is 0.836. The first-order chi connectivity index (χ1) is 36.0. The average molecular weight is 948 g/mol. The lowest BCUT2D eigenvalue weighted by molar-refractivity contribution is 0.915. The van der Waals surface area contributed by atoms with E-state index in [0.717, 1.165) is 111 Å². The largest absolute Gasteiger partial charge is 0.367 e. The van der Waals surface area contributed by atoms with Crippen molar-refractivity contribution in [1.29, 1.82) is 0 Å². The van der Waals surface area contributed by atoms with E-state index in [1.807, 2.05) is 97.6 Å². The second kappa shape index (κ2) is 29.7. The van der Waals surface area contributed by atoms with Crippen LogP contribution in [-0.4, -0.2) is 0 Å². The Balaban J connectivity index is 1.28. The van der Waals surface area contributed by atoms with E-state index >= 15 is 0 Å². The van der Waals surface area contributed by atoms with Crippen molar-refractivity contribution in [3.05, 3.63) is 335 Å². The summed E-state index contributed by atoms with van der Waals surface area (Å²) in [7, 11) is 0. The first kappa shape index (κ1) is 53.2. The highest BCUT2D eigenvalue weighted by atomic mass is 15.1. The number of nitrogens with zero attached hydrogens (tertiary/aromatic N) is 1. The highest BCUT2D eigenvalue weighted by Crippen LogP contribution is 2.36. The molecule has 0 unspecified atom stereocenters. The molecule has 0 atom stereocenters. The second-order valence-corrected chi connectivity index (χ2v) is 16.9. The van der Waals surface area contributed by atoms with Crippen molar-refractivity contribution in [3.63, 3.8) is 0 Å². The monoisotopic (exact) mass is 948 g/mol. The summed E-state index contributed by atoms with van der Waals surface area (Å²) < 4.78 is 0. The van der Waals surface area contributed by atoms with Crippen LogP contribution in [0.15, 0.2) is 324 Å². The molecule has 0 fully saturated rings. The van der Waals surface area contributed by atoms with Gasteiger partial charge >= 0.3 is 0 Å². The van der Waals surface area contributed by atoms with Gasteiger partial charge in [-0.05, 0) is 162 Å². The summed E-state index contributed by atoms with van der Waals surface area (Å²) in [5.74, 6) is 0. The van der Waals surface area contributed by atoms with Crippen molar-refractivity contribution in [2.75, 3.05) is 10.2 Å². The fraction of sp³-hybridized carbons (Fsp3) is 0.114. The summed E-state index contributed by atoms with van der Waals surface area (Å²) in [6.07, 6.45) is 55.7. The van der Waals surface area contributed by atoms with E-state index in [2.05, 4.69) is 218 Å². The van der Waals surface area contributed by atoms with Crippen molar-refractivity contribution in [3.8, 4) is 0 Å². The quantitative estimate of drug-likeness (QED) is 0.0453. The van der Waals surface area contributed by atoms with Gasteiger partial charge in [0.1, 0.15) is 0 Å². The summed E-state index contributed by atoms with van der Waals surface area (Å²) in [5.41, 5.74) is 35.2. The highest BCUT2D eigenvalue weighted by Gasteiger charge is 2.14. The molecule has 3 aliphatic rings. The number of hydrogen-bond donors (Lipinski definition) is 2. The molecule has 0 saturated carbocycles. The Morgan fingerprint density at radius 2 is 0.959 bits per heavy atom. The van der Waals surface area contributed by atoms with Gasteiger partial charge in [-0.2, -0.15) is 0 Å².